The summed E-state index contributed by atoms with van der Waals surface area (Å²) in [7, 11) is 0. The second kappa shape index (κ2) is 7.89. The Balaban J connectivity index is 2.10. The third kappa shape index (κ3) is 4.05. The van der Waals surface area contributed by atoms with Crippen molar-refractivity contribution in [1.29, 1.82) is 0 Å². The number of carbonyl (C=O) groups excluding carboxylic acids is 1. The van der Waals surface area contributed by atoms with Crippen molar-refractivity contribution < 1.29 is 22.4 Å². The Kier molecular flexibility index (Phi) is 5.93. The maximum atomic E-state index is 14.5. The largest absolute Gasteiger partial charge is 0.416 e. The first-order chi connectivity index (χ1) is 12.7. The summed E-state index contributed by atoms with van der Waals surface area (Å²) in [6.45, 7) is 0. The zero-order chi connectivity index (χ0) is 19.8. The zero-order valence-corrected chi connectivity index (χ0v) is 16.0. The van der Waals surface area contributed by atoms with Crippen molar-refractivity contribution >= 4 is 52.2 Å². The second-order valence-electron chi connectivity index (χ2n) is 5.81. The van der Waals surface area contributed by atoms with E-state index in [4.69, 9.17) is 23.2 Å². The summed E-state index contributed by atoms with van der Waals surface area (Å²) in [6, 6.07) is 7.28. The molecular formula is C18H13Cl2F4NOS. The van der Waals surface area contributed by atoms with Crippen molar-refractivity contribution in [3.8, 4) is 0 Å². The smallest absolute Gasteiger partial charge is 0.277 e. The van der Waals surface area contributed by atoms with Crippen molar-refractivity contribution in [2.24, 2.45) is 0 Å². The Morgan fingerprint density at radius 1 is 1.11 bits per heavy atom. The number of hydrogen-bond acceptors (Lipinski definition) is 2. The summed E-state index contributed by atoms with van der Waals surface area (Å²) in [6.07, 6.45) is -5.94. The Hall–Kier alpha value is -1.44. The minimum absolute atomic E-state index is 0.0929. The molecule has 1 amide bonds. The van der Waals surface area contributed by atoms with E-state index in [1.165, 1.54) is 17.8 Å². The van der Waals surface area contributed by atoms with E-state index >= 15 is 0 Å². The summed E-state index contributed by atoms with van der Waals surface area (Å²) in [4.78, 5) is 14.1. The van der Waals surface area contributed by atoms with E-state index in [9.17, 15) is 22.4 Å². The summed E-state index contributed by atoms with van der Waals surface area (Å²) in [5.41, 5.74) is -0.909. The highest BCUT2D eigenvalue weighted by atomic mass is 35.5. The van der Waals surface area contributed by atoms with E-state index < -0.39 is 23.8 Å². The monoisotopic (exact) mass is 437 g/mol. The molecule has 1 atom stereocenters. The number of benzene rings is 2. The molecule has 0 aromatic heterocycles. The highest BCUT2D eigenvalue weighted by Crippen LogP contribution is 2.47. The minimum Gasteiger partial charge on any atom is -0.277 e. The predicted molar refractivity (Wildman–Crippen MR) is 100.0 cm³/mol. The molecule has 0 fully saturated rings. The van der Waals surface area contributed by atoms with Gasteiger partial charge in [0.1, 0.15) is 0 Å². The Bertz CT molecular complexity index is 875. The third-order valence-corrected chi connectivity index (χ3v) is 5.66. The standard InChI is InChI=1S/C18H13Cl2F4NOS/c19-6-1-7-27-15-5-3-11(20)9-14(15)25-13-8-10(18(22,23)24)2-4-12(13)16(21)17(25)26/h2-5,8-9,16H,1,6-7H2. The normalized spacial score (nSPS) is 16.7. The fourth-order valence-corrected chi connectivity index (χ4v) is 4.19. The molecule has 0 spiro atoms. The molecule has 144 valence electrons. The molecule has 9 heteroatoms. The molecule has 0 radical (unpaired) electrons. The van der Waals surface area contributed by atoms with Crippen molar-refractivity contribution in [1.82, 2.24) is 0 Å². The molecule has 1 heterocycles. The molecule has 0 N–H and O–H groups in total. The zero-order valence-electron chi connectivity index (χ0n) is 13.7. The number of thioether (sulfide) groups is 1. The average molecular weight is 438 g/mol. The first kappa shape index (κ1) is 20.3. The lowest BCUT2D eigenvalue weighted by molar-refractivity contribution is -0.137. The van der Waals surface area contributed by atoms with Gasteiger partial charge in [-0.05, 0) is 42.5 Å². The maximum Gasteiger partial charge on any atom is 0.416 e. The van der Waals surface area contributed by atoms with Crippen molar-refractivity contribution in [3.63, 3.8) is 0 Å². The van der Waals surface area contributed by atoms with Crippen molar-refractivity contribution in [2.75, 3.05) is 16.5 Å². The van der Waals surface area contributed by atoms with Crippen molar-refractivity contribution in [3.05, 3.63) is 52.5 Å². The number of rotatable bonds is 5. The number of hydrogen-bond donors (Lipinski definition) is 0. The molecule has 1 aliphatic rings. The van der Waals surface area contributed by atoms with Gasteiger partial charge in [-0.25, -0.2) is 4.39 Å². The Morgan fingerprint density at radius 2 is 1.85 bits per heavy atom. The van der Waals surface area contributed by atoms with Crippen LogP contribution in [0, 0.1) is 0 Å². The number of alkyl halides is 5. The van der Waals surface area contributed by atoms with Crippen LogP contribution in [0.2, 0.25) is 5.02 Å². The molecule has 27 heavy (non-hydrogen) atoms. The van der Waals surface area contributed by atoms with Gasteiger partial charge < -0.3 is 0 Å². The summed E-state index contributed by atoms with van der Waals surface area (Å²) >= 11 is 13.1. The lowest BCUT2D eigenvalue weighted by Gasteiger charge is -2.22. The summed E-state index contributed by atoms with van der Waals surface area (Å²) < 4.78 is 53.8. The van der Waals surface area contributed by atoms with E-state index in [-0.39, 0.29) is 22.0 Å². The van der Waals surface area contributed by atoms with Crippen LogP contribution in [0.15, 0.2) is 41.3 Å². The van der Waals surface area contributed by atoms with Gasteiger partial charge in [0.25, 0.3) is 5.91 Å². The fraction of sp³-hybridized carbons (Fsp3) is 0.278. The molecular weight excluding hydrogens is 425 g/mol. The summed E-state index contributed by atoms with van der Waals surface area (Å²) in [5.74, 6) is 0.142. The number of fused-ring (bicyclic) bond motifs is 1. The van der Waals surface area contributed by atoms with E-state index in [2.05, 4.69) is 0 Å². The molecule has 1 unspecified atom stereocenters. The van der Waals surface area contributed by atoms with Crippen LogP contribution in [0.4, 0.5) is 28.9 Å². The number of carbonyl (C=O) groups is 1. The predicted octanol–water partition coefficient (Wildman–Crippen LogP) is 6.77. The lowest BCUT2D eigenvalue weighted by atomic mass is 10.1. The van der Waals surface area contributed by atoms with Crippen LogP contribution in [0.5, 0.6) is 0 Å². The van der Waals surface area contributed by atoms with Gasteiger partial charge in [0.2, 0.25) is 6.17 Å². The lowest BCUT2D eigenvalue weighted by Crippen LogP contribution is -2.23. The SMILES string of the molecule is O=C1C(F)c2ccc(C(F)(F)F)cc2N1c1cc(Cl)ccc1SCCCCl. The van der Waals surface area contributed by atoms with Gasteiger partial charge >= 0.3 is 6.18 Å². The van der Waals surface area contributed by atoms with E-state index in [0.717, 1.165) is 23.1 Å². The fourth-order valence-electron chi connectivity index (χ4n) is 2.77. The highest BCUT2D eigenvalue weighted by molar-refractivity contribution is 7.99. The highest BCUT2D eigenvalue weighted by Gasteiger charge is 2.41. The minimum atomic E-state index is -4.61. The van der Waals surface area contributed by atoms with E-state index in [1.807, 2.05) is 0 Å². The van der Waals surface area contributed by atoms with Gasteiger partial charge in [0.05, 0.1) is 16.9 Å². The topological polar surface area (TPSA) is 20.3 Å². The number of nitrogens with zero attached hydrogens (tertiary/aromatic N) is 1. The first-order valence-electron chi connectivity index (χ1n) is 7.91. The number of anilines is 2. The van der Waals surface area contributed by atoms with Gasteiger partial charge in [0.15, 0.2) is 0 Å². The van der Waals surface area contributed by atoms with Crippen LogP contribution in [-0.2, 0) is 11.0 Å². The Labute approximate surface area is 167 Å². The summed E-state index contributed by atoms with van der Waals surface area (Å²) in [5, 5.41) is 0.287. The van der Waals surface area contributed by atoms with Crippen molar-refractivity contribution in [2.45, 2.75) is 23.7 Å². The van der Waals surface area contributed by atoms with Gasteiger partial charge in [-0.2, -0.15) is 13.2 Å². The molecule has 0 aliphatic carbocycles. The van der Waals surface area contributed by atoms with Crippen LogP contribution in [0.1, 0.15) is 23.7 Å². The molecule has 0 saturated heterocycles. The molecule has 2 aromatic rings. The third-order valence-electron chi connectivity index (χ3n) is 4.01. The number of halogens is 6. The van der Waals surface area contributed by atoms with Crippen LogP contribution in [0.3, 0.4) is 0 Å². The maximum absolute atomic E-state index is 14.5. The molecule has 0 saturated carbocycles. The van der Waals surface area contributed by atoms with Crippen LogP contribution >= 0.6 is 35.0 Å². The average Bonchev–Trinajstić information content (AvgIpc) is 2.86. The van der Waals surface area contributed by atoms with E-state index in [0.29, 0.717) is 22.9 Å². The van der Waals surface area contributed by atoms with Gasteiger partial charge in [-0.3, -0.25) is 9.69 Å². The quantitative estimate of drug-likeness (QED) is 0.222. The van der Waals surface area contributed by atoms with Gasteiger partial charge in [-0.15, -0.1) is 23.4 Å². The van der Waals surface area contributed by atoms with Crippen LogP contribution < -0.4 is 4.90 Å². The molecule has 2 nitrogen and oxygen atoms in total. The van der Waals surface area contributed by atoms with Crippen LogP contribution in [-0.4, -0.2) is 17.5 Å². The second-order valence-corrected chi connectivity index (χ2v) is 7.76. The first-order valence-corrected chi connectivity index (χ1v) is 9.81. The van der Waals surface area contributed by atoms with E-state index in [1.54, 1.807) is 12.1 Å². The molecule has 3 rings (SSSR count). The van der Waals surface area contributed by atoms with Gasteiger partial charge in [0, 0.05) is 21.4 Å². The van der Waals surface area contributed by atoms with Crippen LogP contribution in [0.25, 0.3) is 0 Å². The molecule has 2 aromatic carbocycles. The van der Waals surface area contributed by atoms with Gasteiger partial charge in [-0.1, -0.05) is 17.7 Å². The number of amides is 1. The Morgan fingerprint density at radius 3 is 2.52 bits per heavy atom. The molecule has 1 aliphatic heterocycles. The molecule has 0 bridgehead atoms.